The van der Waals surface area contributed by atoms with Gasteiger partial charge >= 0.3 is 0 Å². The van der Waals surface area contributed by atoms with Crippen molar-refractivity contribution in [1.82, 2.24) is 4.90 Å². The molecule has 1 amide bonds. The molecule has 1 aliphatic heterocycles. The Hall–Kier alpha value is -0.640. The van der Waals surface area contributed by atoms with Crippen LogP contribution < -0.4 is 5.32 Å². The SMILES string of the molecule is CC(Nc1cc(Cl)c(Cl)cc1Cl)C(=O)N1CCCCCC1. The lowest BCUT2D eigenvalue weighted by atomic mass is 10.2. The highest BCUT2D eigenvalue weighted by Crippen LogP contribution is 2.32. The van der Waals surface area contributed by atoms with Gasteiger partial charge in [0.1, 0.15) is 6.04 Å². The third kappa shape index (κ3) is 4.41. The van der Waals surface area contributed by atoms with E-state index in [-0.39, 0.29) is 11.9 Å². The topological polar surface area (TPSA) is 32.3 Å². The fourth-order valence-electron chi connectivity index (χ4n) is 2.49. The highest BCUT2D eigenvalue weighted by Gasteiger charge is 2.22. The molecule has 0 aromatic heterocycles. The number of nitrogens with zero attached hydrogens (tertiary/aromatic N) is 1. The molecule has 1 aromatic carbocycles. The van der Waals surface area contributed by atoms with Gasteiger partial charge in [-0.05, 0) is 31.9 Å². The molecule has 1 unspecified atom stereocenters. The summed E-state index contributed by atoms with van der Waals surface area (Å²) in [5.74, 6) is 0.0963. The number of anilines is 1. The summed E-state index contributed by atoms with van der Waals surface area (Å²) in [6, 6.07) is 2.88. The van der Waals surface area contributed by atoms with Crippen molar-refractivity contribution >= 4 is 46.4 Å². The Morgan fingerprint density at radius 1 is 1.05 bits per heavy atom. The van der Waals surface area contributed by atoms with Crippen LogP contribution in [0.1, 0.15) is 32.6 Å². The standard InChI is InChI=1S/C15H19Cl3N2O/c1-10(15(21)20-6-4-2-3-5-7-20)19-14-9-12(17)11(16)8-13(14)18/h8-10,19H,2-7H2,1H3. The molecule has 21 heavy (non-hydrogen) atoms. The Labute approximate surface area is 140 Å². The fraction of sp³-hybridized carbons (Fsp3) is 0.533. The van der Waals surface area contributed by atoms with Crippen molar-refractivity contribution in [3.63, 3.8) is 0 Å². The molecule has 3 nitrogen and oxygen atoms in total. The molecule has 1 N–H and O–H groups in total. The first kappa shape index (κ1) is 16.7. The van der Waals surface area contributed by atoms with Crippen molar-refractivity contribution in [1.29, 1.82) is 0 Å². The summed E-state index contributed by atoms with van der Waals surface area (Å²) in [5, 5.41) is 4.40. The average molecular weight is 350 g/mol. The number of carbonyl (C=O) groups is 1. The average Bonchev–Trinajstić information content (AvgIpc) is 2.72. The zero-order chi connectivity index (χ0) is 15.4. The minimum absolute atomic E-state index is 0.0963. The van der Waals surface area contributed by atoms with Gasteiger partial charge < -0.3 is 10.2 Å². The van der Waals surface area contributed by atoms with E-state index >= 15 is 0 Å². The molecule has 0 radical (unpaired) electrons. The van der Waals surface area contributed by atoms with Gasteiger partial charge in [-0.2, -0.15) is 0 Å². The fourth-order valence-corrected chi connectivity index (χ4v) is 3.09. The molecule has 116 valence electrons. The van der Waals surface area contributed by atoms with Crippen molar-refractivity contribution < 1.29 is 4.79 Å². The highest BCUT2D eigenvalue weighted by atomic mass is 35.5. The van der Waals surface area contributed by atoms with Gasteiger partial charge in [0, 0.05) is 13.1 Å². The maximum Gasteiger partial charge on any atom is 0.244 e. The first-order valence-electron chi connectivity index (χ1n) is 7.19. The number of hydrogen-bond acceptors (Lipinski definition) is 2. The first-order valence-corrected chi connectivity index (χ1v) is 8.32. The number of carbonyl (C=O) groups excluding carboxylic acids is 1. The van der Waals surface area contributed by atoms with Crippen LogP contribution in [0.4, 0.5) is 5.69 Å². The summed E-state index contributed by atoms with van der Waals surface area (Å²) in [6.45, 7) is 3.51. The van der Waals surface area contributed by atoms with E-state index in [1.54, 1.807) is 12.1 Å². The van der Waals surface area contributed by atoms with Crippen LogP contribution in [-0.2, 0) is 4.79 Å². The van der Waals surface area contributed by atoms with Crippen molar-refractivity contribution in [2.75, 3.05) is 18.4 Å². The lowest BCUT2D eigenvalue weighted by Crippen LogP contribution is -2.41. The summed E-state index contributed by atoms with van der Waals surface area (Å²) < 4.78 is 0. The first-order chi connectivity index (χ1) is 9.99. The van der Waals surface area contributed by atoms with Gasteiger partial charge in [0.05, 0.1) is 20.8 Å². The van der Waals surface area contributed by atoms with Crippen LogP contribution in [0.25, 0.3) is 0 Å². The van der Waals surface area contributed by atoms with Crippen LogP contribution in [0.15, 0.2) is 12.1 Å². The Morgan fingerprint density at radius 3 is 2.24 bits per heavy atom. The lowest BCUT2D eigenvalue weighted by Gasteiger charge is -2.25. The number of amides is 1. The Kier molecular flexibility index (Phi) is 6.03. The van der Waals surface area contributed by atoms with Crippen molar-refractivity contribution in [2.24, 2.45) is 0 Å². The molecule has 1 aromatic rings. The van der Waals surface area contributed by atoms with Gasteiger partial charge in [-0.1, -0.05) is 47.6 Å². The second kappa shape index (κ2) is 7.57. The molecule has 0 bridgehead atoms. The van der Waals surface area contributed by atoms with Crippen LogP contribution >= 0.6 is 34.8 Å². The summed E-state index contributed by atoms with van der Waals surface area (Å²) in [6.07, 6.45) is 4.55. The van der Waals surface area contributed by atoms with Gasteiger partial charge in [0.2, 0.25) is 5.91 Å². The predicted octanol–water partition coefficient (Wildman–Crippen LogP) is 4.85. The van der Waals surface area contributed by atoms with Gasteiger partial charge in [-0.25, -0.2) is 0 Å². The van der Waals surface area contributed by atoms with E-state index in [2.05, 4.69) is 5.32 Å². The molecule has 0 saturated carbocycles. The van der Waals surface area contributed by atoms with Crippen LogP contribution in [0.5, 0.6) is 0 Å². The minimum Gasteiger partial charge on any atom is -0.373 e. The van der Waals surface area contributed by atoms with Gasteiger partial charge in [-0.3, -0.25) is 4.79 Å². The van der Waals surface area contributed by atoms with Crippen LogP contribution in [0.3, 0.4) is 0 Å². The normalized spacial score (nSPS) is 17.2. The molecule has 1 saturated heterocycles. The maximum absolute atomic E-state index is 12.5. The smallest absolute Gasteiger partial charge is 0.244 e. The van der Waals surface area contributed by atoms with E-state index in [9.17, 15) is 4.79 Å². The number of hydrogen-bond donors (Lipinski definition) is 1. The van der Waals surface area contributed by atoms with E-state index in [4.69, 9.17) is 34.8 Å². The Morgan fingerprint density at radius 2 is 1.62 bits per heavy atom. The molecular weight excluding hydrogens is 331 g/mol. The highest BCUT2D eigenvalue weighted by molar-refractivity contribution is 6.44. The van der Waals surface area contributed by atoms with Crippen molar-refractivity contribution in [3.8, 4) is 0 Å². The molecular formula is C15H19Cl3N2O. The summed E-state index contributed by atoms with van der Waals surface area (Å²) in [5.41, 5.74) is 0.627. The number of likely N-dealkylation sites (tertiary alicyclic amines) is 1. The van der Waals surface area contributed by atoms with Crippen molar-refractivity contribution in [2.45, 2.75) is 38.6 Å². The molecule has 1 aliphatic rings. The van der Waals surface area contributed by atoms with Gasteiger partial charge in [0.25, 0.3) is 0 Å². The molecule has 1 atom stereocenters. The molecule has 1 heterocycles. The van der Waals surface area contributed by atoms with E-state index in [0.717, 1.165) is 25.9 Å². The second-order valence-electron chi connectivity index (χ2n) is 5.35. The molecule has 2 rings (SSSR count). The summed E-state index contributed by atoms with van der Waals surface area (Å²) in [7, 11) is 0. The molecule has 1 fully saturated rings. The van der Waals surface area contributed by atoms with Crippen LogP contribution in [-0.4, -0.2) is 29.9 Å². The second-order valence-corrected chi connectivity index (χ2v) is 6.57. The number of nitrogens with one attached hydrogen (secondary N) is 1. The molecule has 6 heteroatoms. The van der Waals surface area contributed by atoms with Gasteiger partial charge in [0.15, 0.2) is 0 Å². The summed E-state index contributed by atoms with van der Waals surface area (Å²) in [4.78, 5) is 14.4. The number of rotatable bonds is 3. The van der Waals surface area contributed by atoms with E-state index in [0.29, 0.717) is 20.8 Å². The van der Waals surface area contributed by atoms with E-state index < -0.39 is 0 Å². The van der Waals surface area contributed by atoms with Crippen LogP contribution in [0.2, 0.25) is 15.1 Å². The zero-order valence-electron chi connectivity index (χ0n) is 12.0. The quantitative estimate of drug-likeness (QED) is 0.791. The third-order valence-electron chi connectivity index (χ3n) is 3.67. The minimum atomic E-state index is -0.349. The van der Waals surface area contributed by atoms with Crippen LogP contribution in [0, 0.1) is 0 Å². The zero-order valence-corrected chi connectivity index (χ0v) is 14.2. The largest absolute Gasteiger partial charge is 0.373 e. The van der Waals surface area contributed by atoms with E-state index in [1.807, 2.05) is 11.8 Å². The Bertz CT molecular complexity index is 514. The molecule has 0 spiro atoms. The summed E-state index contributed by atoms with van der Waals surface area (Å²) >= 11 is 18.0. The molecule has 0 aliphatic carbocycles. The van der Waals surface area contributed by atoms with Crippen molar-refractivity contribution in [3.05, 3.63) is 27.2 Å². The maximum atomic E-state index is 12.5. The monoisotopic (exact) mass is 348 g/mol. The van der Waals surface area contributed by atoms with E-state index in [1.165, 1.54) is 12.8 Å². The Balaban J connectivity index is 2.04. The predicted molar refractivity (Wildman–Crippen MR) is 89.6 cm³/mol. The third-order valence-corrected chi connectivity index (χ3v) is 4.70. The van der Waals surface area contributed by atoms with Gasteiger partial charge in [-0.15, -0.1) is 0 Å². The number of halogens is 3. The lowest BCUT2D eigenvalue weighted by molar-refractivity contribution is -0.131. The number of benzene rings is 1.